The summed E-state index contributed by atoms with van der Waals surface area (Å²) in [5.41, 5.74) is 7.50. The summed E-state index contributed by atoms with van der Waals surface area (Å²) in [6, 6.07) is 15.1. The summed E-state index contributed by atoms with van der Waals surface area (Å²) in [4.78, 5) is 0. The third-order valence-corrected chi connectivity index (χ3v) is 4.59. The third kappa shape index (κ3) is 2.86. The highest BCUT2D eigenvalue weighted by atomic mass is 15.4. The Morgan fingerprint density at radius 1 is 1.00 bits per heavy atom. The van der Waals surface area contributed by atoms with Gasteiger partial charge in [0.1, 0.15) is 5.52 Å². The van der Waals surface area contributed by atoms with E-state index < -0.39 is 0 Å². The normalized spacial score (nSPS) is 14.2. The zero-order chi connectivity index (χ0) is 17.4. The minimum atomic E-state index is 0.292. The molecule has 0 bridgehead atoms. The lowest BCUT2D eigenvalue weighted by atomic mass is 9.99. The molecule has 126 valence electrons. The molecule has 0 saturated carbocycles. The molecule has 1 aliphatic rings. The highest BCUT2D eigenvalue weighted by molar-refractivity contribution is 6.20. The predicted octanol–water partition coefficient (Wildman–Crippen LogP) is 4.17. The van der Waals surface area contributed by atoms with Crippen LogP contribution in [-0.4, -0.2) is 26.4 Å². The number of fused-ring (bicyclic) bond motifs is 1. The number of nitrogens with zero attached hydrogens (tertiary/aromatic N) is 5. The van der Waals surface area contributed by atoms with Crippen molar-refractivity contribution in [2.75, 3.05) is 0 Å². The van der Waals surface area contributed by atoms with Gasteiger partial charge in [-0.1, -0.05) is 36.4 Å². The number of hydrogen-bond donors (Lipinski definition) is 0. The summed E-state index contributed by atoms with van der Waals surface area (Å²) in [6.45, 7) is 6.37. The van der Waals surface area contributed by atoms with Gasteiger partial charge in [-0.3, -0.25) is 0 Å². The Hall–Kier alpha value is -2.82. The molecular weight excluding hydrogens is 310 g/mol. The average Bonchev–Trinajstić information content (AvgIpc) is 3.28. The van der Waals surface area contributed by atoms with Crippen LogP contribution in [0.25, 0.3) is 11.0 Å². The van der Waals surface area contributed by atoms with E-state index in [4.69, 9.17) is 0 Å². The first-order valence-corrected chi connectivity index (χ1v) is 8.73. The van der Waals surface area contributed by atoms with Gasteiger partial charge in [-0.15, -0.1) is 5.10 Å². The SMILES string of the molecule is CCc1cccc(C2=NN=C(c3ccc4c(c3)nnn4C(C)C)C2)c1. The summed E-state index contributed by atoms with van der Waals surface area (Å²) in [5, 5.41) is 17.4. The molecule has 1 aliphatic heterocycles. The number of hydrogen-bond acceptors (Lipinski definition) is 4. The molecule has 0 unspecified atom stereocenters. The van der Waals surface area contributed by atoms with Crippen molar-refractivity contribution in [1.29, 1.82) is 0 Å². The van der Waals surface area contributed by atoms with Crippen molar-refractivity contribution in [2.24, 2.45) is 10.2 Å². The molecular formula is C20H21N5. The molecule has 0 amide bonds. The van der Waals surface area contributed by atoms with Crippen molar-refractivity contribution in [3.8, 4) is 0 Å². The first kappa shape index (κ1) is 15.7. The van der Waals surface area contributed by atoms with Crippen LogP contribution >= 0.6 is 0 Å². The van der Waals surface area contributed by atoms with Gasteiger partial charge in [0.2, 0.25) is 0 Å². The van der Waals surface area contributed by atoms with Crippen LogP contribution in [0.2, 0.25) is 0 Å². The van der Waals surface area contributed by atoms with Gasteiger partial charge in [0.05, 0.1) is 16.9 Å². The number of rotatable bonds is 4. The van der Waals surface area contributed by atoms with E-state index in [-0.39, 0.29) is 0 Å². The Balaban J connectivity index is 1.59. The second kappa shape index (κ2) is 6.24. The van der Waals surface area contributed by atoms with E-state index >= 15 is 0 Å². The largest absolute Gasteiger partial charge is 0.242 e. The summed E-state index contributed by atoms with van der Waals surface area (Å²) in [7, 11) is 0. The maximum absolute atomic E-state index is 4.42. The zero-order valence-corrected chi connectivity index (χ0v) is 14.8. The van der Waals surface area contributed by atoms with E-state index in [0.717, 1.165) is 46.4 Å². The Morgan fingerprint density at radius 2 is 1.76 bits per heavy atom. The molecule has 0 fully saturated rings. The van der Waals surface area contributed by atoms with E-state index in [1.807, 2.05) is 4.68 Å². The second-order valence-electron chi connectivity index (χ2n) is 6.66. The van der Waals surface area contributed by atoms with Crippen LogP contribution in [0.5, 0.6) is 0 Å². The van der Waals surface area contributed by atoms with Gasteiger partial charge in [-0.2, -0.15) is 10.2 Å². The van der Waals surface area contributed by atoms with Gasteiger partial charge in [0.15, 0.2) is 0 Å². The molecule has 0 spiro atoms. The molecule has 2 aromatic carbocycles. The average molecular weight is 331 g/mol. The van der Waals surface area contributed by atoms with Crippen LogP contribution in [0, 0.1) is 0 Å². The van der Waals surface area contributed by atoms with Crippen molar-refractivity contribution in [2.45, 2.75) is 39.7 Å². The van der Waals surface area contributed by atoms with Crippen molar-refractivity contribution in [1.82, 2.24) is 15.0 Å². The highest BCUT2D eigenvalue weighted by Gasteiger charge is 2.18. The maximum atomic E-state index is 4.42. The molecule has 5 nitrogen and oxygen atoms in total. The monoisotopic (exact) mass is 331 g/mol. The predicted molar refractivity (Wildman–Crippen MR) is 101 cm³/mol. The first-order valence-electron chi connectivity index (χ1n) is 8.73. The lowest BCUT2D eigenvalue weighted by Crippen LogP contribution is -2.06. The van der Waals surface area contributed by atoms with Crippen molar-refractivity contribution in [3.05, 3.63) is 59.2 Å². The molecule has 25 heavy (non-hydrogen) atoms. The van der Waals surface area contributed by atoms with Crippen LogP contribution in [-0.2, 0) is 6.42 Å². The van der Waals surface area contributed by atoms with Gasteiger partial charge in [0, 0.05) is 18.0 Å². The maximum Gasteiger partial charge on any atom is 0.113 e. The Bertz CT molecular complexity index is 994. The molecule has 0 aliphatic carbocycles. The smallest absolute Gasteiger partial charge is 0.113 e. The molecule has 5 heteroatoms. The number of aryl methyl sites for hydroxylation is 1. The van der Waals surface area contributed by atoms with Gasteiger partial charge in [-0.25, -0.2) is 4.68 Å². The molecule has 3 aromatic rings. The van der Waals surface area contributed by atoms with Crippen LogP contribution in [0.15, 0.2) is 52.7 Å². The Kier molecular flexibility index (Phi) is 3.92. The molecule has 0 N–H and O–H groups in total. The van der Waals surface area contributed by atoms with Gasteiger partial charge in [-0.05, 0) is 49.6 Å². The van der Waals surface area contributed by atoms with Gasteiger partial charge >= 0.3 is 0 Å². The topological polar surface area (TPSA) is 55.4 Å². The van der Waals surface area contributed by atoms with Crippen molar-refractivity contribution in [3.63, 3.8) is 0 Å². The Labute approximate surface area is 147 Å². The molecule has 2 heterocycles. The molecule has 1 aromatic heterocycles. The van der Waals surface area contributed by atoms with Crippen molar-refractivity contribution >= 4 is 22.5 Å². The van der Waals surface area contributed by atoms with E-state index in [1.54, 1.807) is 0 Å². The lowest BCUT2D eigenvalue weighted by molar-refractivity contribution is 0.530. The van der Waals surface area contributed by atoms with Crippen molar-refractivity contribution < 1.29 is 0 Å². The highest BCUT2D eigenvalue weighted by Crippen LogP contribution is 2.22. The quantitative estimate of drug-likeness (QED) is 0.720. The molecule has 0 saturated heterocycles. The Morgan fingerprint density at radius 3 is 2.48 bits per heavy atom. The summed E-state index contributed by atoms with van der Waals surface area (Å²) in [5.74, 6) is 0. The van der Waals surface area contributed by atoms with Gasteiger partial charge in [0.25, 0.3) is 0 Å². The minimum Gasteiger partial charge on any atom is -0.242 e. The lowest BCUT2D eigenvalue weighted by Gasteiger charge is -2.06. The van der Waals surface area contributed by atoms with E-state index in [1.165, 1.54) is 5.56 Å². The zero-order valence-electron chi connectivity index (χ0n) is 14.8. The summed E-state index contributed by atoms with van der Waals surface area (Å²) >= 11 is 0. The number of aromatic nitrogens is 3. The second-order valence-corrected chi connectivity index (χ2v) is 6.66. The van der Waals surface area contributed by atoms with E-state index in [9.17, 15) is 0 Å². The molecule has 0 atom stereocenters. The van der Waals surface area contributed by atoms with E-state index in [0.29, 0.717) is 6.04 Å². The van der Waals surface area contributed by atoms with Crippen LogP contribution < -0.4 is 0 Å². The van der Waals surface area contributed by atoms with Crippen LogP contribution in [0.4, 0.5) is 0 Å². The van der Waals surface area contributed by atoms with E-state index in [2.05, 4.69) is 83.8 Å². The van der Waals surface area contributed by atoms with Crippen LogP contribution in [0.3, 0.4) is 0 Å². The third-order valence-electron chi connectivity index (χ3n) is 4.59. The molecule has 4 rings (SSSR count). The summed E-state index contributed by atoms with van der Waals surface area (Å²) in [6.07, 6.45) is 1.77. The standard InChI is InChI=1S/C20H21N5/c1-4-14-6-5-7-15(10-14)17-12-18(22-21-17)16-8-9-20-19(11-16)23-24-25(20)13(2)3/h5-11,13H,4,12H2,1-3H3. The fourth-order valence-corrected chi connectivity index (χ4v) is 3.14. The fourth-order valence-electron chi connectivity index (χ4n) is 3.14. The number of benzene rings is 2. The minimum absolute atomic E-state index is 0.292. The first-order chi connectivity index (χ1) is 12.2. The van der Waals surface area contributed by atoms with Gasteiger partial charge < -0.3 is 0 Å². The fraction of sp³-hybridized carbons (Fsp3) is 0.300. The molecule has 0 radical (unpaired) electrons. The van der Waals surface area contributed by atoms with Crippen LogP contribution in [0.1, 0.15) is 49.9 Å². The summed E-state index contributed by atoms with van der Waals surface area (Å²) < 4.78 is 1.94.